The summed E-state index contributed by atoms with van der Waals surface area (Å²) in [6.07, 6.45) is 3.55. The monoisotopic (exact) mass is 1110 g/mol. The maximum absolute atomic E-state index is 13.9. The highest BCUT2D eigenvalue weighted by Crippen LogP contribution is 2.47. The second kappa shape index (κ2) is 26.8. The van der Waals surface area contributed by atoms with Gasteiger partial charge in [-0.3, -0.25) is 9.59 Å². The predicted octanol–water partition coefficient (Wildman–Crippen LogP) is 11.2. The smallest absolute Gasteiger partial charge is 0.509 e. The molecule has 404 valence electrons. The second-order valence-electron chi connectivity index (χ2n) is 18.1. The predicted molar refractivity (Wildman–Crippen MR) is 273 cm³/mol. The number of nitrogens with one attached hydrogen (secondary N) is 2. The summed E-state index contributed by atoms with van der Waals surface area (Å²) in [6, 6.07) is 16.6. The van der Waals surface area contributed by atoms with E-state index in [0.717, 1.165) is 24.3 Å². The van der Waals surface area contributed by atoms with Crippen molar-refractivity contribution in [3.8, 4) is 22.3 Å². The summed E-state index contributed by atoms with van der Waals surface area (Å²) >= 11 is 17.7. The number of ether oxygens (including phenoxy) is 5. The molecule has 4 aromatic rings. The number of amides is 2. The third kappa shape index (κ3) is 14.4. The first-order valence-corrected chi connectivity index (χ1v) is 25.4. The molecule has 2 heterocycles. The van der Waals surface area contributed by atoms with Crippen LogP contribution in [-0.4, -0.2) is 103 Å². The zero-order chi connectivity index (χ0) is 54.5. The Morgan fingerprint density at radius 1 is 0.600 bits per heavy atom. The van der Waals surface area contributed by atoms with Crippen molar-refractivity contribution < 1.29 is 75.7 Å². The molecule has 21 heteroatoms. The molecular formula is C54H57Cl3F4N2O12. The normalized spacial score (nSPS) is 21.0. The van der Waals surface area contributed by atoms with Crippen LogP contribution >= 0.6 is 34.8 Å². The van der Waals surface area contributed by atoms with Gasteiger partial charge in [-0.05, 0) is 148 Å². The lowest BCUT2D eigenvalue weighted by Crippen LogP contribution is -2.48. The lowest BCUT2D eigenvalue weighted by Gasteiger charge is -2.37. The van der Waals surface area contributed by atoms with E-state index in [0.29, 0.717) is 99.0 Å². The highest BCUT2D eigenvalue weighted by atomic mass is 35.5. The molecule has 14 nitrogen and oxygen atoms in total. The first kappa shape index (κ1) is 58.5. The van der Waals surface area contributed by atoms with Crippen LogP contribution in [0, 0.1) is 35.1 Å². The average Bonchev–Trinajstić information content (AvgIpc) is 3.79. The van der Waals surface area contributed by atoms with Crippen molar-refractivity contribution in [2.24, 2.45) is 11.8 Å². The summed E-state index contributed by atoms with van der Waals surface area (Å²) in [7, 11) is 0. The Bertz CT molecular complexity index is 2780. The number of carbonyl (C=O) groups excluding carboxylic acids is 4. The fraction of sp³-hybridized carbons (Fsp3) is 0.407. The summed E-state index contributed by atoms with van der Waals surface area (Å²) in [5.41, 5.74) is 0.0197. The van der Waals surface area contributed by atoms with Gasteiger partial charge in [-0.15, -0.1) is 0 Å². The van der Waals surface area contributed by atoms with E-state index >= 15 is 0 Å². The highest BCUT2D eigenvalue weighted by Gasteiger charge is 2.51. The number of hydrogen-bond acceptors (Lipinski definition) is 12. The van der Waals surface area contributed by atoms with Crippen molar-refractivity contribution in [2.45, 2.75) is 76.3 Å². The summed E-state index contributed by atoms with van der Waals surface area (Å²) in [6.45, 7) is 5.70. The van der Waals surface area contributed by atoms with Crippen molar-refractivity contribution in [1.82, 2.24) is 10.6 Å². The fourth-order valence-corrected chi connectivity index (χ4v) is 9.84. The molecular weight excluding hydrogens is 1050 g/mol. The van der Waals surface area contributed by atoms with E-state index in [-0.39, 0.29) is 83.1 Å². The van der Waals surface area contributed by atoms with Crippen LogP contribution in [0.3, 0.4) is 0 Å². The van der Waals surface area contributed by atoms with E-state index in [1.807, 2.05) is 13.8 Å². The summed E-state index contributed by atoms with van der Waals surface area (Å²) < 4.78 is 79.4. The van der Waals surface area contributed by atoms with Crippen LogP contribution in [0.15, 0.2) is 84.3 Å². The minimum Gasteiger partial charge on any atom is -0.509 e. The van der Waals surface area contributed by atoms with Gasteiger partial charge in [0.1, 0.15) is 19.0 Å². The van der Waals surface area contributed by atoms with Crippen molar-refractivity contribution in [3.63, 3.8) is 0 Å². The number of hydrogen-bond donors (Lipinski definition) is 5. The molecule has 75 heavy (non-hydrogen) atoms. The minimum atomic E-state index is -1.01. The SMILES string of the molecule is CCOCCOC(=O)Cl.CCOCCOC(=O)OC1=C(c2cc(-c3ccc(F)c(F)c3)ccc2Cl)C(=O)NC12CCC(CO)CC2.O=C1NC2(CCC(CO)CC2)C(O)=C1c1cc(-c2ccc(F)c(F)c2)ccc1Cl. The van der Waals surface area contributed by atoms with Crippen molar-refractivity contribution in [2.75, 3.05) is 52.9 Å². The molecule has 8 rings (SSSR count). The average molecular weight is 1110 g/mol. The van der Waals surface area contributed by atoms with Crippen LogP contribution in [0.2, 0.25) is 10.0 Å². The molecule has 4 aliphatic rings. The first-order chi connectivity index (χ1) is 35.9. The first-order valence-electron chi connectivity index (χ1n) is 24.3. The number of aliphatic hydroxyl groups is 3. The Kier molecular flexibility index (Phi) is 21.0. The van der Waals surface area contributed by atoms with Gasteiger partial charge in [0, 0.05) is 59.2 Å². The van der Waals surface area contributed by atoms with Crippen LogP contribution in [0.4, 0.5) is 27.2 Å². The molecule has 2 fully saturated rings. The number of benzene rings is 4. The Hall–Kier alpha value is -5.73. The zero-order valence-electron chi connectivity index (χ0n) is 41.1. The lowest BCUT2D eigenvalue weighted by molar-refractivity contribution is -0.117. The standard InChI is InChI=1S/C27H28ClF2NO6.C22H20ClF2NO3.C5H9ClO3/c1-2-35-11-12-36-26(34)37-24-23(25(33)31-27(24)9-7-16(15-32)8-10-27)19-13-17(3-5-20(19)28)18-4-6-21(29)22(30)14-18;23-16-3-1-13(14-2-4-17(24)18(25)10-14)9-15(16)19-20(28)22(26-21(19)29)7-5-12(11-27)6-8-22;1-2-8-3-4-9-5(6)7/h3-6,13-14,16,32H,2,7-12,15H2,1H3,(H,31,33);1-4,9-10,12,27-28H,5-8,11H2,(H,26,29);2-4H2,1H3. The molecule has 2 saturated carbocycles. The quantitative estimate of drug-likeness (QED) is 0.0327. The maximum atomic E-state index is 13.9. The van der Waals surface area contributed by atoms with Gasteiger partial charge in [-0.1, -0.05) is 47.5 Å². The molecule has 2 amide bonds. The molecule has 2 spiro atoms. The van der Waals surface area contributed by atoms with Crippen LogP contribution in [0.1, 0.15) is 76.3 Å². The minimum absolute atomic E-state index is 0.0252. The van der Waals surface area contributed by atoms with E-state index in [2.05, 4.69) is 15.4 Å². The largest absolute Gasteiger partial charge is 0.513 e. The zero-order valence-corrected chi connectivity index (χ0v) is 43.3. The lowest BCUT2D eigenvalue weighted by atomic mass is 9.76. The molecule has 0 radical (unpaired) electrons. The van der Waals surface area contributed by atoms with Crippen molar-refractivity contribution in [1.29, 1.82) is 0 Å². The van der Waals surface area contributed by atoms with E-state index in [4.69, 9.17) is 53.8 Å². The van der Waals surface area contributed by atoms with Gasteiger partial charge in [0.2, 0.25) is 0 Å². The molecule has 5 N–H and O–H groups in total. The number of carbonyl (C=O) groups is 4. The molecule has 0 saturated heterocycles. The third-order valence-corrected chi connectivity index (χ3v) is 14.2. The molecule has 2 aliphatic heterocycles. The fourth-order valence-electron chi connectivity index (χ4n) is 9.34. The Labute approximate surface area is 445 Å². The van der Waals surface area contributed by atoms with Gasteiger partial charge in [-0.2, -0.15) is 0 Å². The summed E-state index contributed by atoms with van der Waals surface area (Å²) in [5, 5.41) is 36.3. The van der Waals surface area contributed by atoms with E-state index in [9.17, 15) is 52.1 Å². The summed E-state index contributed by atoms with van der Waals surface area (Å²) in [5.74, 6) is -4.53. The molecule has 0 unspecified atom stereocenters. The van der Waals surface area contributed by atoms with Gasteiger partial charge in [-0.25, -0.2) is 27.2 Å². The van der Waals surface area contributed by atoms with Gasteiger partial charge in [0.25, 0.3) is 11.8 Å². The molecule has 0 atom stereocenters. The maximum Gasteiger partial charge on any atom is 0.513 e. The Balaban J connectivity index is 0.000000214. The Morgan fingerprint density at radius 2 is 1.01 bits per heavy atom. The van der Waals surface area contributed by atoms with Crippen molar-refractivity contribution >= 4 is 69.3 Å². The van der Waals surface area contributed by atoms with E-state index < -0.39 is 57.7 Å². The summed E-state index contributed by atoms with van der Waals surface area (Å²) in [4.78, 5) is 48.6. The Morgan fingerprint density at radius 3 is 1.47 bits per heavy atom. The molecule has 2 aliphatic carbocycles. The number of aliphatic hydroxyl groups excluding tert-OH is 3. The van der Waals surface area contributed by atoms with Crippen molar-refractivity contribution in [3.05, 3.63) is 129 Å². The number of rotatable bonds is 15. The van der Waals surface area contributed by atoms with Crippen LogP contribution in [-0.2, 0) is 33.3 Å². The van der Waals surface area contributed by atoms with Crippen LogP contribution in [0.5, 0.6) is 0 Å². The molecule has 0 bridgehead atoms. The van der Waals surface area contributed by atoms with E-state index in [1.54, 1.807) is 36.4 Å². The van der Waals surface area contributed by atoms with Crippen LogP contribution < -0.4 is 10.6 Å². The van der Waals surface area contributed by atoms with E-state index in [1.165, 1.54) is 12.1 Å². The second-order valence-corrected chi connectivity index (χ2v) is 19.2. The van der Waals surface area contributed by atoms with Gasteiger partial charge in [0.05, 0.1) is 35.4 Å². The highest BCUT2D eigenvalue weighted by molar-refractivity contribution is 6.61. The molecule has 0 aromatic heterocycles. The topological polar surface area (TPSA) is 199 Å². The van der Waals surface area contributed by atoms with Crippen LogP contribution in [0.25, 0.3) is 33.4 Å². The van der Waals surface area contributed by atoms with Gasteiger partial charge >= 0.3 is 11.6 Å². The molecule has 4 aromatic carbocycles. The number of halogens is 7. The van der Waals surface area contributed by atoms with Gasteiger partial charge in [0.15, 0.2) is 29.0 Å². The third-order valence-electron chi connectivity index (χ3n) is 13.4. The van der Waals surface area contributed by atoms with Gasteiger partial charge < -0.3 is 49.6 Å².